The predicted molar refractivity (Wildman–Crippen MR) is 142 cm³/mol. The van der Waals surface area contributed by atoms with E-state index in [1.165, 1.54) is 23.9 Å². The summed E-state index contributed by atoms with van der Waals surface area (Å²) in [6, 6.07) is 12.8. The third kappa shape index (κ3) is 6.90. The minimum Gasteiger partial charge on any atom is -0.506 e. The van der Waals surface area contributed by atoms with Crippen LogP contribution in [0, 0.1) is 5.41 Å². The van der Waals surface area contributed by atoms with Gasteiger partial charge in [-0.3, -0.25) is 14.9 Å². The van der Waals surface area contributed by atoms with Crippen LogP contribution in [-0.2, 0) is 21.2 Å². The van der Waals surface area contributed by atoms with E-state index in [1.54, 1.807) is 6.07 Å². The van der Waals surface area contributed by atoms with Crippen molar-refractivity contribution in [1.82, 2.24) is 10.6 Å². The number of rotatable bonds is 9. The summed E-state index contributed by atoms with van der Waals surface area (Å²) in [4.78, 5) is 14.2. The molecular formula is C24H31N5O5S2. The normalized spacial score (nSPS) is 19.8. The van der Waals surface area contributed by atoms with E-state index in [0.29, 0.717) is 18.5 Å². The Bertz CT molecular complexity index is 1210. The largest absolute Gasteiger partial charge is 0.506 e. The lowest BCUT2D eigenvalue weighted by molar-refractivity contribution is -0.118. The summed E-state index contributed by atoms with van der Waals surface area (Å²) < 4.78 is 25.2. The molecule has 1 amide bonds. The molecule has 6 N–H and O–H groups in total. The number of benzene rings is 2. The number of sulfonamides is 1. The molecular weight excluding hydrogens is 502 g/mol. The van der Waals surface area contributed by atoms with Gasteiger partial charge in [0.25, 0.3) is 0 Å². The van der Waals surface area contributed by atoms with Crippen LogP contribution in [0.4, 0.5) is 11.4 Å². The Labute approximate surface area is 215 Å². The second-order valence-corrected chi connectivity index (χ2v) is 12.1. The van der Waals surface area contributed by atoms with Gasteiger partial charge in [-0.15, -0.1) is 0 Å². The Hall–Kier alpha value is -2.80. The Morgan fingerprint density at radius 2 is 1.89 bits per heavy atom. The molecule has 2 aromatic carbocycles. The zero-order valence-electron chi connectivity index (χ0n) is 19.9. The van der Waals surface area contributed by atoms with Gasteiger partial charge in [-0.25, -0.2) is 8.42 Å². The van der Waals surface area contributed by atoms with Crippen molar-refractivity contribution < 1.29 is 23.4 Å². The van der Waals surface area contributed by atoms with E-state index in [4.69, 9.17) is 5.41 Å². The first kappa shape index (κ1) is 26.3. The van der Waals surface area contributed by atoms with Gasteiger partial charge in [0.15, 0.2) is 5.17 Å². The Morgan fingerprint density at radius 1 is 1.19 bits per heavy atom. The lowest BCUT2D eigenvalue weighted by Crippen LogP contribution is -2.43. The number of hydrogen-bond acceptors (Lipinski definition) is 9. The molecule has 0 spiro atoms. The number of piperidine rings is 1. The van der Waals surface area contributed by atoms with Crippen LogP contribution in [0.5, 0.6) is 5.75 Å². The van der Waals surface area contributed by atoms with Crippen LogP contribution in [-0.4, -0.2) is 66.9 Å². The van der Waals surface area contributed by atoms with Gasteiger partial charge in [-0.05, 0) is 54.7 Å². The van der Waals surface area contributed by atoms with Gasteiger partial charge in [0.05, 0.1) is 23.3 Å². The number of nitrogens with zero attached hydrogens (tertiary/aromatic N) is 1. The number of anilines is 2. The molecule has 12 heteroatoms. The van der Waals surface area contributed by atoms with E-state index >= 15 is 0 Å². The topological polar surface area (TPSA) is 155 Å². The molecule has 0 aromatic heterocycles. The van der Waals surface area contributed by atoms with E-state index in [-0.39, 0.29) is 33.8 Å². The SMILES string of the molecule is CS(=O)(=O)Nc1cc(C(O)CNC2CCN(c3ccc(CC4SC(=N)NC4=O)cc3)CC2)ccc1O. The molecule has 0 bridgehead atoms. The number of hydrogen-bond donors (Lipinski definition) is 6. The molecule has 2 unspecified atom stereocenters. The molecule has 194 valence electrons. The van der Waals surface area contributed by atoms with Crippen molar-refractivity contribution >= 4 is 44.2 Å². The molecule has 0 radical (unpaired) electrons. The smallest absolute Gasteiger partial charge is 0.239 e. The van der Waals surface area contributed by atoms with Crippen molar-refractivity contribution in [3.8, 4) is 5.75 Å². The van der Waals surface area contributed by atoms with Crippen molar-refractivity contribution in [2.75, 3.05) is 35.5 Å². The average Bonchev–Trinajstić information content (AvgIpc) is 3.15. The van der Waals surface area contributed by atoms with Crippen LogP contribution < -0.4 is 20.3 Å². The fraction of sp³-hybridized carbons (Fsp3) is 0.417. The van der Waals surface area contributed by atoms with Gasteiger partial charge < -0.3 is 25.7 Å². The van der Waals surface area contributed by atoms with Gasteiger partial charge in [0, 0.05) is 31.4 Å². The van der Waals surface area contributed by atoms with Crippen LogP contribution in [0.1, 0.15) is 30.1 Å². The highest BCUT2D eigenvalue weighted by Crippen LogP contribution is 2.28. The highest BCUT2D eigenvalue weighted by atomic mass is 32.2. The van der Waals surface area contributed by atoms with E-state index in [9.17, 15) is 23.4 Å². The number of aromatic hydroxyl groups is 1. The molecule has 0 saturated carbocycles. The molecule has 2 saturated heterocycles. The first-order valence-corrected chi connectivity index (χ1v) is 14.5. The highest BCUT2D eigenvalue weighted by Gasteiger charge is 2.29. The quantitative estimate of drug-likeness (QED) is 0.267. The van der Waals surface area contributed by atoms with Crippen LogP contribution >= 0.6 is 11.8 Å². The fourth-order valence-corrected chi connectivity index (χ4v) is 5.84. The maximum absolute atomic E-state index is 11.9. The monoisotopic (exact) mass is 533 g/mol. The second kappa shape index (κ2) is 11.1. The number of carbonyl (C=O) groups is 1. The zero-order valence-corrected chi connectivity index (χ0v) is 21.5. The maximum atomic E-state index is 11.9. The van der Waals surface area contributed by atoms with Crippen LogP contribution in [0.25, 0.3) is 0 Å². The Kier molecular flexibility index (Phi) is 8.08. The number of nitrogens with one attached hydrogen (secondary N) is 4. The second-order valence-electron chi connectivity index (χ2n) is 9.13. The van der Waals surface area contributed by atoms with Crippen LogP contribution in [0.3, 0.4) is 0 Å². The molecule has 36 heavy (non-hydrogen) atoms. The number of amidine groups is 1. The highest BCUT2D eigenvalue weighted by molar-refractivity contribution is 8.15. The molecule has 2 aromatic rings. The molecule has 2 fully saturated rings. The third-order valence-electron chi connectivity index (χ3n) is 6.31. The van der Waals surface area contributed by atoms with E-state index in [2.05, 4.69) is 32.4 Å². The van der Waals surface area contributed by atoms with Gasteiger partial charge in [-0.2, -0.15) is 0 Å². The summed E-state index contributed by atoms with van der Waals surface area (Å²) in [5.74, 6) is -0.307. The number of aliphatic hydroxyl groups excluding tert-OH is 1. The van der Waals surface area contributed by atoms with Gasteiger partial charge >= 0.3 is 0 Å². The fourth-order valence-electron chi connectivity index (χ4n) is 4.39. The van der Waals surface area contributed by atoms with Crippen molar-refractivity contribution in [3.05, 3.63) is 53.6 Å². The Morgan fingerprint density at radius 3 is 2.50 bits per heavy atom. The summed E-state index contributed by atoms with van der Waals surface area (Å²) in [5.41, 5.74) is 2.74. The number of aliphatic hydroxyl groups is 1. The minimum absolute atomic E-state index is 0.0399. The molecule has 2 aliphatic heterocycles. The van der Waals surface area contributed by atoms with Crippen molar-refractivity contribution in [3.63, 3.8) is 0 Å². The predicted octanol–water partition coefficient (Wildman–Crippen LogP) is 1.76. The number of thioether (sulfide) groups is 1. The molecule has 4 rings (SSSR count). The summed E-state index contributed by atoms with van der Waals surface area (Å²) in [5, 5.41) is 33.9. The standard InChI is InChI=1S/C24H31N5O5S2/c1-36(33,34)28-19-13-16(4-7-20(19)30)21(31)14-26-17-8-10-29(11-9-17)18-5-2-15(3-6-18)12-22-23(32)27-24(25)35-22/h2-7,13,17,21-22,26,28,30-31H,8-12,14H2,1H3,(H2,25,27,32). The van der Waals surface area contributed by atoms with Gasteiger partial charge in [0.2, 0.25) is 15.9 Å². The van der Waals surface area contributed by atoms with Crippen molar-refractivity contribution in [2.24, 2.45) is 0 Å². The molecule has 10 nitrogen and oxygen atoms in total. The number of amides is 1. The third-order valence-corrected chi connectivity index (χ3v) is 7.90. The van der Waals surface area contributed by atoms with Crippen LogP contribution in [0.2, 0.25) is 0 Å². The van der Waals surface area contributed by atoms with E-state index in [0.717, 1.165) is 43.4 Å². The van der Waals surface area contributed by atoms with E-state index < -0.39 is 16.1 Å². The number of phenolic OH excluding ortho intramolecular Hbond substituents is 1. The molecule has 2 aliphatic rings. The average molecular weight is 534 g/mol. The molecule has 2 heterocycles. The van der Waals surface area contributed by atoms with Crippen LogP contribution in [0.15, 0.2) is 42.5 Å². The van der Waals surface area contributed by atoms with Crippen molar-refractivity contribution in [2.45, 2.75) is 36.7 Å². The summed E-state index contributed by atoms with van der Waals surface area (Å²) in [6.45, 7) is 2.05. The summed E-state index contributed by atoms with van der Waals surface area (Å²) >= 11 is 1.26. The first-order valence-electron chi connectivity index (χ1n) is 11.7. The minimum atomic E-state index is -3.55. The first-order chi connectivity index (χ1) is 17.1. The summed E-state index contributed by atoms with van der Waals surface area (Å²) in [7, 11) is -3.55. The van der Waals surface area contributed by atoms with E-state index in [1.807, 2.05) is 12.1 Å². The van der Waals surface area contributed by atoms with Gasteiger partial charge in [0.1, 0.15) is 5.75 Å². The maximum Gasteiger partial charge on any atom is 0.239 e. The number of carbonyl (C=O) groups excluding carboxylic acids is 1. The lowest BCUT2D eigenvalue weighted by Gasteiger charge is -2.34. The van der Waals surface area contributed by atoms with Gasteiger partial charge in [-0.1, -0.05) is 30.0 Å². The Balaban J connectivity index is 1.24. The molecule has 0 aliphatic carbocycles. The number of phenols is 1. The molecule has 2 atom stereocenters. The lowest BCUT2D eigenvalue weighted by atomic mass is 10.0. The zero-order chi connectivity index (χ0) is 25.9. The van der Waals surface area contributed by atoms with Crippen molar-refractivity contribution in [1.29, 1.82) is 5.41 Å². The summed E-state index contributed by atoms with van der Waals surface area (Å²) in [6.07, 6.45) is 2.57.